The Kier molecular flexibility index (Phi) is 4.18. The maximum atomic E-state index is 12.1. The van der Waals surface area contributed by atoms with Crippen molar-refractivity contribution in [2.24, 2.45) is 0 Å². The third-order valence-electron chi connectivity index (χ3n) is 3.62. The Morgan fingerprint density at radius 3 is 2.74 bits per heavy atom. The number of hydrogen-bond acceptors (Lipinski definition) is 3. The van der Waals surface area contributed by atoms with Crippen molar-refractivity contribution >= 4 is 23.6 Å². The number of carbonyl (C=O) groups is 1. The van der Waals surface area contributed by atoms with Crippen LogP contribution in [0.2, 0.25) is 5.15 Å². The van der Waals surface area contributed by atoms with Gasteiger partial charge in [0, 0.05) is 11.6 Å². The highest BCUT2D eigenvalue weighted by molar-refractivity contribution is 6.31. The fourth-order valence-electron chi connectivity index (χ4n) is 2.20. The first-order valence-corrected chi connectivity index (χ1v) is 7.71. The molecule has 1 aliphatic carbocycles. The normalized spacial score (nSPS) is 14.4. The van der Waals surface area contributed by atoms with Gasteiger partial charge in [0.1, 0.15) is 16.8 Å². The third kappa shape index (κ3) is 3.27. The second kappa shape index (κ2) is 6.27. The monoisotopic (exact) mass is 326 g/mol. The molecule has 1 fully saturated rings. The van der Waals surface area contributed by atoms with Crippen LogP contribution in [0.3, 0.4) is 0 Å². The van der Waals surface area contributed by atoms with Crippen molar-refractivity contribution in [3.05, 3.63) is 52.3 Å². The number of nitrogens with one attached hydrogen (secondary N) is 1. The molecule has 1 aliphatic rings. The molecule has 2 aromatic rings. The number of benzene rings is 1. The van der Waals surface area contributed by atoms with Crippen LogP contribution in [0.4, 0.5) is 0 Å². The van der Waals surface area contributed by atoms with Crippen molar-refractivity contribution in [1.82, 2.24) is 15.1 Å². The fraction of sp³-hybridized carbons (Fsp3) is 0.235. The molecule has 1 heterocycles. The SMILES string of the molecule is Cc1nn(-c2ccccc2)c(Cl)c1/C=C(\C#N)C(=O)NC1CC1. The van der Waals surface area contributed by atoms with Gasteiger partial charge in [-0.25, -0.2) is 4.68 Å². The van der Waals surface area contributed by atoms with Crippen molar-refractivity contribution in [2.75, 3.05) is 0 Å². The Labute approximate surface area is 139 Å². The zero-order valence-electron chi connectivity index (χ0n) is 12.6. The Morgan fingerprint density at radius 1 is 1.43 bits per heavy atom. The summed E-state index contributed by atoms with van der Waals surface area (Å²) in [5.41, 5.74) is 2.10. The van der Waals surface area contributed by atoms with Crippen molar-refractivity contribution in [2.45, 2.75) is 25.8 Å². The third-order valence-corrected chi connectivity index (χ3v) is 3.98. The van der Waals surface area contributed by atoms with Gasteiger partial charge < -0.3 is 5.32 Å². The number of hydrogen-bond donors (Lipinski definition) is 1. The lowest BCUT2D eigenvalue weighted by Crippen LogP contribution is -2.26. The minimum absolute atomic E-state index is 0.0366. The van der Waals surface area contributed by atoms with Crippen LogP contribution < -0.4 is 5.32 Å². The molecule has 1 aromatic heterocycles. The van der Waals surface area contributed by atoms with Crippen LogP contribution in [0.25, 0.3) is 11.8 Å². The molecule has 0 saturated heterocycles. The Balaban J connectivity index is 1.96. The van der Waals surface area contributed by atoms with Crippen molar-refractivity contribution in [3.63, 3.8) is 0 Å². The van der Waals surface area contributed by atoms with E-state index in [1.165, 1.54) is 6.08 Å². The molecule has 0 atom stereocenters. The highest BCUT2D eigenvalue weighted by atomic mass is 35.5. The fourth-order valence-corrected chi connectivity index (χ4v) is 2.53. The number of halogens is 1. The highest BCUT2D eigenvalue weighted by Gasteiger charge is 2.25. The van der Waals surface area contributed by atoms with Crippen LogP contribution in [0, 0.1) is 18.3 Å². The van der Waals surface area contributed by atoms with Crippen LogP contribution in [0.5, 0.6) is 0 Å². The quantitative estimate of drug-likeness (QED) is 0.693. The second-order valence-corrected chi connectivity index (χ2v) is 5.81. The zero-order chi connectivity index (χ0) is 16.4. The van der Waals surface area contributed by atoms with Gasteiger partial charge in [0.25, 0.3) is 5.91 Å². The highest BCUT2D eigenvalue weighted by Crippen LogP contribution is 2.26. The molecule has 1 saturated carbocycles. The molecule has 1 N–H and O–H groups in total. The lowest BCUT2D eigenvalue weighted by atomic mass is 10.1. The maximum absolute atomic E-state index is 12.1. The Hall–Kier alpha value is -2.58. The summed E-state index contributed by atoms with van der Waals surface area (Å²) in [4.78, 5) is 12.1. The van der Waals surface area contributed by atoms with E-state index in [0.29, 0.717) is 16.4 Å². The predicted octanol–water partition coefficient (Wildman–Crippen LogP) is 3.02. The minimum Gasteiger partial charge on any atom is -0.349 e. The van der Waals surface area contributed by atoms with Gasteiger partial charge >= 0.3 is 0 Å². The lowest BCUT2D eigenvalue weighted by molar-refractivity contribution is -0.117. The predicted molar refractivity (Wildman–Crippen MR) is 88.1 cm³/mol. The standard InChI is InChI=1S/C17H15ClN4O/c1-11-15(9-12(10-19)17(23)20-13-7-8-13)16(18)22(21-11)14-5-3-2-4-6-14/h2-6,9,13H,7-8H2,1H3,(H,20,23)/b12-9+. The van der Waals surface area contributed by atoms with E-state index in [4.69, 9.17) is 11.6 Å². The average Bonchev–Trinajstić information content (AvgIpc) is 3.32. The van der Waals surface area contributed by atoms with Gasteiger partial charge in [0.15, 0.2) is 0 Å². The second-order valence-electron chi connectivity index (χ2n) is 5.45. The molecule has 1 aromatic carbocycles. The first-order chi connectivity index (χ1) is 11.1. The van der Waals surface area contributed by atoms with Crippen LogP contribution in [-0.2, 0) is 4.79 Å². The molecule has 1 amide bonds. The summed E-state index contributed by atoms with van der Waals surface area (Å²) < 4.78 is 1.59. The molecule has 0 aliphatic heterocycles. The number of nitriles is 1. The molecule has 0 spiro atoms. The number of aromatic nitrogens is 2. The van der Waals surface area contributed by atoms with E-state index >= 15 is 0 Å². The summed E-state index contributed by atoms with van der Waals surface area (Å²) >= 11 is 6.40. The van der Waals surface area contributed by atoms with Gasteiger partial charge in [0.05, 0.1) is 11.4 Å². The zero-order valence-corrected chi connectivity index (χ0v) is 13.3. The van der Waals surface area contributed by atoms with E-state index in [9.17, 15) is 10.1 Å². The number of carbonyl (C=O) groups excluding carboxylic acids is 1. The number of rotatable bonds is 4. The van der Waals surface area contributed by atoms with Crippen LogP contribution in [0.15, 0.2) is 35.9 Å². The smallest absolute Gasteiger partial charge is 0.262 e. The van der Waals surface area contributed by atoms with Gasteiger partial charge in [-0.15, -0.1) is 0 Å². The number of amides is 1. The summed E-state index contributed by atoms with van der Waals surface area (Å²) in [6.07, 6.45) is 3.44. The van der Waals surface area contributed by atoms with Crippen molar-refractivity contribution < 1.29 is 4.79 Å². The Morgan fingerprint density at radius 2 is 2.13 bits per heavy atom. The summed E-state index contributed by atoms with van der Waals surface area (Å²) in [5.74, 6) is -0.363. The van der Waals surface area contributed by atoms with Crippen molar-refractivity contribution in [3.8, 4) is 11.8 Å². The molecule has 0 radical (unpaired) electrons. The molecule has 0 bridgehead atoms. The summed E-state index contributed by atoms with van der Waals surface area (Å²) in [6.45, 7) is 1.80. The first kappa shape index (κ1) is 15.3. The van der Waals surface area contributed by atoms with Crippen LogP contribution in [-0.4, -0.2) is 21.7 Å². The van der Waals surface area contributed by atoms with E-state index in [0.717, 1.165) is 18.5 Å². The van der Waals surface area contributed by atoms with E-state index in [1.807, 2.05) is 36.4 Å². The molecule has 3 rings (SSSR count). The van der Waals surface area contributed by atoms with Gasteiger partial charge in [0.2, 0.25) is 0 Å². The molecular formula is C17H15ClN4O. The van der Waals surface area contributed by atoms with E-state index in [1.54, 1.807) is 11.6 Å². The minimum atomic E-state index is -0.363. The maximum Gasteiger partial charge on any atom is 0.262 e. The van der Waals surface area contributed by atoms with E-state index in [-0.39, 0.29) is 17.5 Å². The topological polar surface area (TPSA) is 70.7 Å². The van der Waals surface area contributed by atoms with E-state index in [2.05, 4.69) is 10.4 Å². The lowest BCUT2D eigenvalue weighted by Gasteiger charge is -2.03. The van der Waals surface area contributed by atoms with Crippen LogP contribution >= 0.6 is 11.6 Å². The molecule has 23 heavy (non-hydrogen) atoms. The molecular weight excluding hydrogens is 312 g/mol. The summed E-state index contributed by atoms with van der Waals surface area (Å²) in [6, 6.07) is 11.6. The largest absolute Gasteiger partial charge is 0.349 e. The molecule has 6 heteroatoms. The average molecular weight is 327 g/mol. The first-order valence-electron chi connectivity index (χ1n) is 7.33. The summed E-state index contributed by atoms with van der Waals surface area (Å²) in [7, 11) is 0. The van der Waals surface area contributed by atoms with E-state index < -0.39 is 0 Å². The van der Waals surface area contributed by atoms with Crippen LogP contribution in [0.1, 0.15) is 24.1 Å². The van der Waals surface area contributed by atoms with Gasteiger partial charge in [-0.1, -0.05) is 29.8 Å². The molecule has 0 unspecified atom stereocenters. The molecule has 5 nitrogen and oxygen atoms in total. The number of aryl methyl sites for hydroxylation is 1. The summed E-state index contributed by atoms with van der Waals surface area (Å²) in [5, 5.41) is 16.8. The number of para-hydroxylation sites is 1. The van der Waals surface area contributed by atoms with Crippen molar-refractivity contribution in [1.29, 1.82) is 5.26 Å². The number of nitrogens with zero attached hydrogens (tertiary/aromatic N) is 3. The molecule has 116 valence electrons. The van der Waals surface area contributed by atoms with Gasteiger partial charge in [-0.3, -0.25) is 4.79 Å². The Bertz CT molecular complexity index is 813. The van der Waals surface area contributed by atoms with Gasteiger partial charge in [-0.05, 0) is 38.0 Å². The van der Waals surface area contributed by atoms with Gasteiger partial charge in [-0.2, -0.15) is 10.4 Å².